The fourth-order valence-corrected chi connectivity index (χ4v) is 1.53. The number of imide groups is 1. The van der Waals surface area contributed by atoms with Crippen molar-refractivity contribution in [3.63, 3.8) is 0 Å². The van der Waals surface area contributed by atoms with Crippen molar-refractivity contribution in [2.75, 3.05) is 13.2 Å². The third-order valence-electron chi connectivity index (χ3n) is 1.57. The van der Waals surface area contributed by atoms with Gasteiger partial charge in [-0.3, -0.25) is 10.1 Å². The molecule has 1 aromatic heterocycles. The summed E-state index contributed by atoms with van der Waals surface area (Å²) in [6.07, 6.45) is -0.857. The van der Waals surface area contributed by atoms with Crippen LogP contribution < -0.4 is 5.32 Å². The molecular formula is C10H11NO5S. The van der Waals surface area contributed by atoms with Crippen LogP contribution in [0.3, 0.4) is 0 Å². The van der Waals surface area contributed by atoms with Gasteiger partial charge in [-0.25, -0.2) is 9.59 Å². The van der Waals surface area contributed by atoms with E-state index in [-0.39, 0.29) is 6.61 Å². The summed E-state index contributed by atoms with van der Waals surface area (Å²) >= 11 is 1.21. The number of carbonyl (C=O) groups is 3. The molecule has 0 radical (unpaired) electrons. The maximum atomic E-state index is 11.3. The molecule has 0 aliphatic carbocycles. The Morgan fingerprint density at radius 3 is 2.71 bits per heavy atom. The molecule has 1 aromatic rings. The summed E-state index contributed by atoms with van der Waals surface area (Å²) in [5.41, 5.74) is 0. The zero-order chi connectivity index (χ0) is 12.7. The molecule has 1 heterocycles. The zero-order valence-electron chi connectivity index (χ0n) is 9.10. The molecule has 0 aliphatic rings. The lowest BCUT2D eigenvalue weighted by Crippen LogP contribution is -2.34. The Labute approximate surface area is 102 Å². The van der Waals surface area contributed by atoms with E-state index in [9.17, 15) is 14.4 Å². The Morgan fingerprint density at radius 1 is 1.35 bits per heavy atom. The average Bonchev–Trinajstić information content (AvgIpc) is 2.79. The van der Waals surface area contributed by atoms with Crippen LogP contribution in [0.1, 0.15) is 16.6 Å². The van der Waals surface area contributed by atoms with Gasteiger partial charge < -0.3 is 9.47 Å². The molecule has 1 rings (SSSR count). The summed E-state index contributed by atoms with van der Waals surface area (Å²) in [6, 6.07) is 3.27. The molecule has 0 bridgehead atoms. The summed E-state index contributed by atoms with van der Waals surface area (Å²) < 4.78 is 9.16. The largest absolute Gasteiger partial charge is 0.451 e. The highest BCUT2D eigenvalue weighted by Gasteiger charge is 2.13. The molecule has 0 spiro atoms. The van der Waals surface area contributed by atoms with Gasteiger partial charge >= 0.3 is 12.1 Å². The second-order valence-electron chi connectivity index (χ2n) is 2.82. The molecule has 0 atom stereocenters. The van der Waals surface area contributed by atoms with Crippen molar-refractivity contribution < 1.29 is 23.9 Å². The number of hydrogen-bond donors (Lipinski definition) is 1. The fourth-order valence-electron chi connectivity index (χ4n) is 0.914. The number of hydrogen-bond acceptors (Lipinski definition) is 6. The van der Waals surface area contributed by atoms with Crippen LogP contribution in [0.2, 0.25) is 0 Å². The molecular weight excluding hydrogens is 246 g/mol. The first kappa shape index (κ1) is 13.2. The molecule has 0 aliphatic heterocycles. The van der Waals surface area contributed by atoms with Gasteiger partial charge in [0.25, 0.3) is 5.91 Å². The van der Waals surface area contributed by atoms with E-state index in [4.69, 9.17) is 0 Å². The van der Waals surface area contributed by atoms with Gasteiger partial charge in [0.1, 0.15) is 4.88 Å². The second kappa shape index (κ2) is 6.64. The Hall–Kier alpha value is -1.89. The highest BCUT2D eigenvalue weighted by Crippen LogP contribution is 2.09. The maximum Gasteiger partial charge on any atom is 0.413 e. The number of ether oxygens (including phenoxy) is 2. The third-order valence-corrected chi connectivity index (χ3v) is 2.42. The highest BCUT2D eigenvalue weighted by atomic mass is 32.1. The smallest absolute Gasteiger partial charge is 0.413 e. The van der Waals surface area contributed by atoms with Crippen molar-refractivity contribution >= 4 is 29.3 Å². The number of nitrogens with one attached hydrogen (secondary N) is 1. The lowest BCUT2D eigenvalue weighted by Gasteiger charge is -2.04. The SMILES string of the molecule is CCOC(=O)NC(=O)COC(=O)c1cccs1. The first-order valence-electron chi connectivity index (χ1n) is 4.80. The lowest BCUT2D eigenvalue weighted by molar-refractivity contribution is -0.123. The minimum absolute atomic E-state index is 0.161. The van der Waals surface area contributed by atoms with Crippen LogP contribution in [0.4, 0.5) is 4.79 Å². The molecule has 0 saturated heterocycles. The standard InChI is InChI=1S/C10H11NO5S/c1-2-15-10(14)11-8(12)6-16-9(13)7-4-3-5-17-7/h3-5H,2,6H2,1H3,(H,11,12,14). The van der Waals surface area contributed by atoms with Gasteiger partial charge in [-0.05, 0) is 18.4 Å². The average molecular weight is 257 g/mol. The van der Waals surface area contributed by atoms with Crippen LogP contribution in [0.5, 0.6) is 0 Å². The first-order valence-corrected chi connectivity index (χ1v) is 5.68. The van der Waals surface area contributed by atoms with E-state index < -0.39 is 24.6 Å². The van der Waals surface area contributed by atoms with Crippen molar-refractivity contribution in [2.24, 2.45) is 0 Å². The number of amides is 2. The lowest BCUT2D eigenvalue weighted by atomic mass is 10.5. The molecule has 0 unspecified atom stereocenters. The Kier molecular flexibility index (Phi) is 5.15. The third kappa shape index (κ3) is 4.64. The quantitative estimate of drug-likeness (QED) is 0.819. The van der Waals surface area contributed by atoms with Crippen molar-refractivity contribution in [1.29, 1.82) is 0 Å². The number of alkyl carbamates (subject to hydrolysis) is 1. The van der Waals surface area contributed by atoms with E-state index in [1.54, 1.807) is 24.4 Å². The molecule has 92 valence electrons. The molecule has 2 amide bonds. The Morgan fingerprint density at radius 2 is 2.12 bits per heavy atom. The van der Waals surface area contributed by atoms with Crippen molar-refractivity contribution in [3.05, 3.63) is 22.4 Å². The van der Waals surface area contributed by atoms with Crippen LogP contribution in [-0.4, -0.2) is 31.2 Å². The molecule has 0 aromatic carbocycles. The molecule has 0 fully saturated rings. The number of esters is 1. The van der Waals surface area contributed by atoms with Crippen LogP contribution in [0, 0.1) is 0 Å². The fraction of sp³-hybridized carbons (Fsp3) is 0.300. The predicted molar refractivity (Wildman–Crippen MR) is 59.8 cm³/mol. The van der Waals surface area contributed by atoms with Crippen LogP contribution in [0.25, 0.3) is 0 Å². The Bertz CT molecular complexity index is 401. The zero-order valence-corrected chi connectivity index (χ0v) is 9.91. The highest BCUT2D eigenvalue weighted by molar-refractivity contribution is 7.11. The second-order valence-corrected chi connectivity index (χ2v) is 3.77. The summed E-state index contributed by atoms with van der Waals surface area (Å²) in [5.74, 6) is -1.33. The first-order chi connectivity index (χ1) is 8.13. The van der Waals surface area contributed by atoms with E-state index in [0.29, 0.717) is 4.88 Å². The van der Waals surface area contributed by atoms with Crippen LogP contribution >= 0.6 is 11.3 Å². The van der Waals surface area contributed by atoms with Crippen LogP contribution in [0.15, 0.2) is 17.5 Å². The van der Waals surface area contributed by atoms with E-state index >= 15 is 0 Å². The molecule has 6 nitrogen and oxygen atoms in total. The summed E-state index contributed by atoms with van der Waals surface area (Å²) in [6.45, 7) is 1.25. The van der Waals surface area contributed by atoms with Crippen molar-refractivity contribution in [1.82, 2.24) is 5.32 Å². The predicted octanol–water partition coefficient (Wildman–Crippen LogP) is 1.18. The van der Waals surface area contributed by atoms with E-state index in [1.165, 1.54) is 11.3 Å². The van der Waals surface area contributed by atoms with E-state index in [2.05, 4.69) is 9.47 Å². The van der Waals surface area contributed by atoms with Crippen molar-refractivity contribution in [2.45, 2.75) is 6.92 Å². The normalized spacial score (nSPS) is 9.47. The molecule has 17 heavy (non-hydrogen) atoms. The number of carbonyl (C=O) groups excluding carboxylic acids is 3. The summed E-state index contributed by atoms with van der Waals surface area (Å²) in [5, 5.41) is 3.63. The molecule has 7 heteroatoms. The minimum atomic E-state index is -0.857. The Balaban J connectivity index is 2.29. The van der Waals surface area contributed by atoms with Gasteiger partial charge in [-0.2, -0.15) is 0 Å². The minimum Gasteiger partial charge on any atom is -0.451 e. The van der Waals surface area contributed by atoms with E-state index in [0.717, 1.165) is 0 Å². The van der Waals surface area contributed by atoms with Gasteiger partial charge in [0, 0.05) is 0 Å². The maximum absolute atomic E-state index is 11.3. The number of rotatable bonds is 4. The van der Waals surface area contributed by atoms with Gasteiger partial charge in [0.15, 0.2) is 6.61 Å². The van der Waals surface area contributed by atoms with Crippen molar-refractivity contribution in [3.8, 4) is 0 Å². The van der Waals surface area contributed by atoms with Gasteiger partial charge in [0.05, 0.1) is 6.61 Å². The van der Waals surface area contributed by atoms with Gasteiger partial charge in [-0.1, -0.05) is 6.07 Å². The summed E-state index contributed by atoms with van der Waals surface area (Å²) in [7, 11) is 0. The monoisotopic (exact) mass is 257 g/mol. The topological polar surface area (TPSA) is 81.7 Å². The molecule has 1 N–H and O–H groups in total. The molecule has 0 saturated carbocycles. The van der Waals surface area contributed by atoms with Gasteiger partial charge in [-0.15, -0.1) is 11.3 Å². The van der Waals surface area contributed by atoms with Gasteiger partial charge in [0.2, 0.25) is 0 Å². The van der Waals surface area contributed by atoms with E-state index in [1.807, 2.05) is 5.32 Å². The number of thiophene rings is 1. The van der Waals surface area contributed by atoms with Crippen LogP contribution in [-0.2, 0) is 14.3 Å². The summed E-state index contributed by atoms with van der Waals surface area (Å²) in [4.78, 5) is 33.7.